The van der Waals surface area contributed by atoms with Gasteiger partial charge in [0.25, 0.3) is 0 Å². The highest BCUT2D eigenvalue weighted by Crippen LogP contribution is 2.12. The van der Waals surface area contributed by atoms with Gasteiger partial charge < -0.3 is 19.9 Å². The van der Waals surface area contributed by atoms with E-state index in [0.29, 0.717) is 12.5 Å². The molecule has 2 N–H and O–H groups in total. The van der Waals surface area contributed by atoms with Crippen molar-refractivity contribution in [3.63, 3.8) is 0 Å². The summed E-state index contributed by atoms with van der Waals surface area (Å²) in [4.78, 5) is 11.0. The van der Waals surface area contributed by atoms with E-state index in [1.165, 1.54) is 0 Å². The molecule has 0 aromatic heterocycles. The van der Waals surface area contributed by atoms with Gasteiger partial charge in [-0.25, -0.2) is 4.79 Å². The van der Waals surface area contributed by atoms with E-state index in [0.717, 1.165) is 26.1 Å². The Balaban J connectivity index is 2.03. The lowest BCUT2D eigenvalue weighted by atomic mass is 10.0. The minimum atomic E-state index is -0.453. The summed E-state index contributed by atoms with van der Waals surface area (Å²) in [5, 5.41) is 11.1. The molecule has 82 valence electrons. The van der Waals surface area contributed by atoms with Crippen LogP contribution in [-0.4, -0.2) is 44.2 Å². The van der Waals surface area contributed by atoms with Crippen LogP contribution in [0, 0.1) is 5.92 Å². The zero-order valence-corrected chi connectivity index (χ0v) is 8.20. The lowest BCUT2D eigenvalue weighted by molar-refractivity contribution is 0.0644. The predicted octanol–water partition coefficient (Wildman–Crippen LogP) is 0.132. The maximum atomic E-state index is 11.0. The van der Waals surface area contributed by atoms with Gasteiger partial charge >= 0.3 is 6.09 Å². The molecule has 0 saturated carbocycles. The molecule has 1 fully saturated rings. The molecule has 0 bridgehead atoms. The van der Waals surface area contributed by atoms with Crippen molar-refractivity contribution in [3.8, 4) is 0 Å². The highest BCUT2D eigenvalue weighted by molar-refractivity contribution is 5.67. The van der Waals surface area contributed by atoms with Gasteiger partial charge in [-0.3, -0.25) is 0 Å². The van der Waals surface area contributed by atoms with Crippen LogP contribution in [0.15, 0.2) is 0 Å². The third kappa shape index (κ3) is 4.43. The first kappa shape index (κ1) is 11.3. The Bertz CT molecular complexity index is 168. The highest BCUT2D eigenvalue weighted by Gasteiger charge is 2.14. The number of amides is 1. The first-order valence-electron chi connectivity index (χ1n) is 4.92. The second-order valence-electron chi connectivity index (χ2n) is 3.30. The quantitative estimate of drug-likeness (QED) is 0.681. The van der Waals surface area contributed by atoms with Crippen LogP contribution in [0.5, 0.6) is 0 Å². The predicted molar refractivity (Wildman–Crippen MR) is 50.0 cm³/mol. The molecule has 1 aliphatic rings. The number of rotatable bonds is 4. The molecule has 0 atom stereocenters. The van der Waals surface area contributed by atoms with Gasteiger partial charge in [-0.2, -0.15) is 0 Å². The molecule has 1 rings (SSSR count). The third-order valence-electron chi connectivity index (χ3n) is 2.20. The summed E-state index contributed by atoms with van der Waals surface area (Å²) in [7, 11) is 0. The van der Waals surface area contributed by atoms with Crippen LogP contribution in [0.1, 0.15) is 12.8 Å². The number of alkyl carbamates (subject to hydrolysis) is 1. The minimum Gasteiger partial charge on any atom is -0.447 e. The largest absolute Gasteiger partial charge is 0.447 e. The molecule has 0 aromatic carbocycles. The molecule has 0 aliphatic carbocycles. The summed E-state index contributed by atoms with van der Waals surface area (Å²) >= 11 is 0. The average Bonchev–Trinajstić information content (AvgIpc) is 2.25. The first-order valence-corrected chi connectivity index (χ1v) is 4.92. The van der Waals surface area contributed by atoms with E-state index < -0.39 is 6.09 Å². The Labute approximate surface area is 83.4 Å². The molecule has 0 aromatic rings. The second-order valence-corrected chi connectivity index (χ2v) is 3.30. The smallest absolute Gasteiger partial charge is 0.407 e. The lowest BCUT2D eigenvalue weighted by Crippen LogP contribution is -2.32. The maximum Gasteiger partial charge on any atom is 0.407 e. The number of carbonyl (C=O) groups is 1. The first-order chi connectivity index (χ1) is 6.83. The number of hydrogen-bond acceptors (Lipinski definition) is 4. The molecule has 1 aliphatic heterocycles. The Morgan fingerprint density at radius 2 is 2.21 bits per heavy atom. The molecule has 0 radical (unpaired) electrons. The van der Waals surface area contributed by atoms with Crippen molar-refractivity contribution in [1.82, 2.24) is 5.32 Å². The van der Waals surface area contributed by atoms with E-state index in [4.69, 9.17) is 9.84 Å². The van der Waals surface area contributed by atoms with Crippen molar-refractivity contribution in [3.05, 3.63) is 0 Å². The topological polar surface area (TPSA) is 67.8 Å². The van der Waals surface area contributed by atoms with Gasteiger partial charge in [0.2, 0.25) is 0 Å². The number of ether oxygens (including phenoxy) is 2. The normalized spacial score (nSPS) is 17.8. The molecule has 1 heterocycles. The standard InChI is InChI=1S/C9H17NO4/c11-3-6-14-9(12)10-7-8-1-4-13-5-2-8/h8,11H,1-7H2,(H,10,12). The van der Waals surface area contributed by atoms with E-state index in [1.807, 2.05) is 0 Å². The fourth-order valence-electron chi connectivity index (χ4n) is 1.37. The molecule has 5 nitrogen and oxygen atoms in total. The highest BCUT2D eigenvalue weighted by atomic mass is 16.6. The summed E-state index contributed by atoms with van der Waals surface area (Å²) in [5.74, 6) is 0.491. The zero-order valence-electron chi connectivity index (χ0n) is 8.20. The van der Waals surface area contributed by atoms with Crippen LogP contribution in [0.3, 0.4) is 0 Å². The van der Waals surface area contributed by atoms with Gasteiger partial charge in [0, 0.05) is 19.8 Å². The van der Waals surface area contributed by atoms with Crippen molar-refractivity contribution in [2.24, 2.45) is 5.92 Å². The zero-order chi connectivity index (χ0) is 10.2. The Kier molecular flexibility index (Phi) is 5.32. The fraction of sp³-hybridized carbons (Fsp3) is 0.889. The summed E-state index contributed by atoms with van der Waals surface area (Å²) in [6, 6.07) is 0. The van der Waals surface area contributed by atoms with Crippen molar-refractivity contribution in [2.45, 2.75) is 12.8 Å². The van der Waals surface area contributed by atoms with Crippen LogP contribution in [-0.2, 0) is 9.47 Å². The van der Waals surface area contributed by atoms with Crippen LogP contribution in [0.4, 0.5) is 4.79 Å². The van der Waals surface area contributed by atoms with Crippen molar-refractivity contribution < 1.29 is 19.4 Å². The SMILES string of the molecule is O=C(NCC1CCOCC1)OCCO. The van der Waals surface area contributed by atoms with Crippen molar-refractivity contribution >= 4 is 6.09 Å². The van der Waals surface area contributed by atoms with E-state index in [-0.39, 0.29) is 13.2 Å². The number of carbonyl (C=O) groups excluding carboxylic acids is 1. The van der Waals surface area contributed by atoms with Crippen LogP contribution in [0.2, 0.25) is 0 Å². The number of nitrogens with one attached hydrogen (secondary N) is 1. The number of aliphatic hydroxyl groups excluding tert-OH is 1. The third-order valence-corrected chi connectivity index (χ3v) is 2.20. The second kappa shape index (κ2) is 6.62. The van der Waals surface area contributed by atoms with Gasteiger partial charge in [0.15, 0.2) is 0 Å². The van der Waals surface area contributed by atoms with E-state index in [9.17, 15) is 4.79 Å². The number of aliphatic hydroxyl groups is 1. The van der Waals surface area contributed by atoms with Gasteiger partial charge in [-0.05, 0) is 18.8 Å². The summed E-state index contributed by atoms with van der Waals surface area (Å²) in [6.45, 7) is 2.11. The Hall–Kier alpha value is -0.810. The van der Waals surface area contributed by atoms with Gasteiger partial charge in [0.1, 0.15) is 6.61 Å². The van der Waals surface area contributed by atoms with Gasteiger partial charge in [0.05, 0.1) is 6.61 Å². The summed E-state index contributed by atoms with van der Waals surface area (Å²) < 4.78 is 9.85. The summed E-state index contributed by atoms with van der Waals surface area (Å²) in [5.41, 5.74) is 0. The van der Waals surface area contributed by atoms with Gasteiger partial charge in [-0.15, -0.1) is 0 Å². The van der Waals surface area contributed by atoms with Crippen LogP contribution in [0.25, 0.3) is 0 Å². The molecule has 14 heavy (non-hydrogen) atoms. The van der Waals surface area contributed by atoms with E-state index >= 15 is 0 Å². The van der Waals surface area contributed by atoms with E-state index in [2.05, 4.69) is 10.1 Å². The molecule has 1 saturated heterocycles. The molecule has 5 heteroatoms. The van der Waals surface area contributed by atoms with Crippen LogP contribution >= 0.6 is 0 Å². The molecule has 0 unspecified atom stereocenters. The molecular weight excluding hydrogens is 186 g/mol. The Morgan fingerprint density at radius 3 is 2.86 bits per heavy atom. The van der Waals surface area contributed by atoms with Crippen molar-refractivity contribution in [2.75, 3.05) is 33.0 Å². The fourth-order valence-corrected chi connectivity index (χ4v) is 1.37. The lowest BCUT2D eigenvalue weighted by Gasteiger charge is -2.21. The number of hydrogen-bond donors (Lipinski definition) is 2. The molecular formula is C9H17NO4. The van der Waals surface area contributed by atoms with Gasteiger partial charge in [-0.1, -0.05) is 0 Å². The van der Waals surface area contributed by atoms with E-state index in [1.54, 1.807) is 0 Å². The maximum absolute atomic E-state index is 11.0. The molecule has 1 amide bonds. The monoisotopic (exact) mass is 203 g/mol. The average molecular weight is 203 g/mol. The minimum absolute atomic E-state index is 0.0552. The van der Waals surface area contributed by atoms with Crippen LogP contribution < -0.4 is 5.32 Å². The summed E-state index contributed by atoms with van der Waals surface area (Å²) in [6.07, 6.45) is 1.52. The van der Waals surface area contributed by atoms with Crippen molar-refractivity contribution in [1.29, 1.82) is 0 Å². The Morgan fingerprint density at radius 1 is 1.50 bits per heavy atom. The molecule has 0 spiro atoms.